The molecular weight excluding hydrogens is 348 g/mol. The predicted molar refractivity (Wildman–Crippen MR) is 97.2 cm³/mol. The van der Waals surface area contributed by atoms with Gasteiger partial charge in [-0.05, 0) is 24.3 Å². The van der Waals surface area contributed by atoms with Crippen LogP contribution >= 0.6 is 0 Å². The molecule has 2 amide bonds. The van der Waals surface area contributed by atoms with Gasteiger partial charge in [0.1, 0.15) is 19.0 Å². The first kappa shape index (κ1) is 17.0. The molecule has 2 aromatic carbocycles. The fraction of sp³-hybridized carbons (Fsp3) is 0.200. The fourth-order valence-corrected chi connectivity index (χ4v) is 3.18. The molecule has 2 heterocycles. The maximum atomic E-state index is 13.2. The Morgan fingerprint density at radius 1 is 1.11 bits per heavy atom. The van der Waals surface area contributed by atoms with Crippen LogP contribution in [0.25, 0.3) is 0 Å². The number of ketones is 1. The second-order valence-corrected chi connectivity index (χ2v) is 6.08. The number of benzene rings is 2. The molecule has 0 aromatic heterocycles. The number of Topliss-reactive ketones (excluding diaryl/α,β-unsaturated/α-hetero) is 1. The van der Waals surface area contributed by atoms with Crippen LogP contribution in [0, 0.1) is 0 Å². The second kappa shape index (κ2) is 7.03. The van der Waals surface area contributed by atoms with Crippen LogP contribution in [-0.4, -0.2) is 32.1 Å². The summed E-state index contributed by atoms with van der Waals surface area (Å²) in [6.45, 7) is 0.923. The summed E-state index contributed by atoms with van der Waals surface area (Å²) in [5, 5.41) is 5.35. The van der Waals surface area contributed by atoms with Crippen LogP contribution in [0.2, 0.25) is 0 Å². The summed E-state index contributed by atoms with van der Waals surface area (Å²) in [5.41, 5.74) is 1.55. The van der Waals surface area contributed by atoms with E-state index in [1.807, 2.05) is 18.2 Å². The van der Waals surface area contributed by atoms with Gasteiger partial charge in [-0.3, -0.25) is 4.79 Å². The maximum Gasteiger partial charge on any atom is 0.319 e. The van der Waals surface area contributed by atoms with E-state index in [9.17, 15) is 9.59 Å². The molecule has 0 saturated heterocycles. The van der Waals surface area contributed by atoms with Crippen LogP contribution in [0.1, 0.15) is 22.0 Å². The minimum Gasteiger partial charge on any atom is -0.496 e. The lowest BCUT2D eigenvalue weighted by molar-refractivity contribution is 0.102. The molecule has 2 aromatic rings. The highest BCUT2D eigenvalue weighted by molar-refractivity contribution is 6.11. The van der Waals surface area contributed by atoms with Crippen molar-refractivity contribution in [2.45, 2.75) is 6.04 Å². The van der Waals surface area contributed by atoms with E-state index in [1.165, 1.54) is 6.20 Å². The number of para-hydroxylation sites is 1. The minimum absolute atomic E-state index is 0.227. The van der Waals surface area contributed by atoms with Crippen LogP contribution in [0.4, 0.5) is 4.79 Å². The Labute approximate surface area is 155 Å². The van der Waals surface area contributed by atoms with E-state index in [0.29, 0.717) is 47.2 Å². The molecule has 7 nitrogen and oxygen atoms in total. The van der Waals surface area contributed by atoms with Crippen molar-refractivity contribution in [3.63, 3.8) is 0 Å². The van der Waals surface area contributed by atoms with Gasteiger partial charge >= 0.3 is 6.03 Å². The maximum absolute atomic E-state index is 13.2. The average Bonchev–Trinajstić information content (AvgIpc) is 2.72. The Bertz CT molecular complexity index is 938. The Morgan fingerprint density at radius 3 is 2.70 bits per heavy atom. The molecule has 138 valence electrons. The zero-order valence-corrected chi connectivity index (χ0v) is 14.7. The van der Waals surface area contributed by atoms with Gasteiger partial charge in [0, 0.05) is 22.9 Å². The van der Waals surface area contributed by atoms with Gasteiger partial charge in [-0.25, -0.2) is 4.79 Å². The van der Waals surface area contributed by atoms with E-state index in [2.05, 4.69) is 10.6 Å². The molecule has 2 aliphatic heterocycles. The Morgan fingerprint density at radius 2 is 1.89 bits per heavy atom. The monoisotopic (exact) mass is 366 g/mol. The number of nitrogens with one attached hydrogen (secondary N) is 2. The van der Waals surface area contributed by atoms with Gasteiger partial charge in [0.05, 0.1) is 13.2 Å². The van der Waals surface area contributed by atoms with Crippen molar-refractivity contribution >= 4 is 11.8 Å². The molecule has 0 fully saturated rings. The summed E-state index contributed by atoms with van der Waals surface area (Å²) < 4.78 is 16.5. The number of fused-ring (bicyclic) bond motifs is 1. The standard InChI is InChI=1S/C20H18N2O5/c1-25-15-5-3-2-4-13(15)18-14(11-21-20(24)22-18)19(23)12-6-7-16-17(10-12)27-9-8-26-16/h2-7,10-11,18H,8-9H2,1H3,(H2,21,22,24). The van der Waals surface area contributed by atoms with Crippen molar-refractivity contribution in [3.05, 3.63) is 65.4 Å². The Hall–Kier alpha value is -3.48. The van der Waals surface area contributed by atoms with E-state index in [1.54, 1.807) is 31.4 Å². The number of hydrogen-bond acceptors (Lipinski definition) is 5. The van der Waals surface area contributed by atoms with E-state index in [0.717, 1.165) is 0 Å². The molecule has 0 saturated carbocycles. The highest BCUT2D eigenvalue weighted by Gasteiger charge is 2.31. The Kier molecular flexibility index (Phi) is 4.42. The average molecular weight is 366 g/mol. The fourth-order valence-electron chi connectivity index (χ4n) is 3.18. The van der Waals surface area contributed by atoms with E-state index in [-0.39, 0.29) is 11.8 Å². The van der Waals surface area contributed by atoms with Crippen molar-refractivity contribution in [2.75, 3.05) is 20.3 Å². The molecule has 7 heteroatoms. The summed E-state index contributed by atoms with van der Waals surface area (Å²) in [6, 6.07) is 11.3. The topological polar surface area (TPSA) is 85.9 Å². The van der Waals surface area contributed by atoms with Gasteiger partial charge in [0.25, 0.3) is 0 Å². The summed E-state index contributed by atoms with van der Waals surface area (Å²) in [4.78, 5) is 25.1. The predicted octanol–water partition coefficient (Wildman–Crippen LogP) is 2.59. The molecule has 2 N–H and O–H groups in total. The third-order valence-electron chi connectivity index (χ3n) is 4.46. The first-order valence-electron chi connectivity index (χ1n) is 8.51. The van der Waals surface area contributed by atoms with Gasteiger partial charge in [-0.2, -0.15) is 0 Å². The molecule has 1 unspecified atom stereocenters. The number of carbonyl (C=O) groups is 2. The zero-order chi connectivity index (χ0) is 18.8. The quantitative estimate of drug-likeness (QED) is 0.813. The molecule has 2 aliphatic rings. The zero-order valence-electron chi connectivity index (χ0n) is 14.7. The van der Waals surface area contributed by atoms with E-state index < -0.39 is 6.04 Å². The molecule has 4 rings (SSSR count). The van der Waals surface area contributed by atoms with Crippen molar-refractivity contribution in [1.29, 1.82) is 0 Å². The van der Waals surface area contributed by atoms with Gasteiger partial charge in [0.2, 0.25) is 0 Å². The number of ether oxygens (including phenoxy) is 3. The third kappa shape index (κ3) is 3.19. The summed E-state index contributed by atoms with van der Waals surface area (Å²) in [7, 11) is 1.55. The number of urea groups is 1. The molecule has 0 spiro atoms. The summed E-state index contributed by atoms with van der Waals surface area (Å²) in [6.07, 6.45) is 1.44. The molecule has 0 radical (unpaired) electrons. The van der Waals surface area contributed by atoms with Crippen LogP contribution in [0.5, 0.6) is 17.2 Å². The second-order valence-electron chi connectivity index (χ2n) is 6.08. The SMILES string of the molecule is COc1ccccc1C1NC(=O)NC=C1C(=O)c1ccc2c(c1)OCCO2. The van der Waals surface area contributed by atoms with E-state index >= 15 is 0 Å². The summed E-state index contributed by atoms with van der Waals surface area (Å²) in [5.74, 6) is 1.51. The van der Waals surface area contributed by atoms with Crippen LogP contribution in [0.15, 0.2) is 54.2 Å². The van der Waals surface area contributed by atoms with E-state index in [4.69, 9.17) is 14.2 Å². The number of rotatable bonds is 4. The first-order valence-corrected chi connectivity index (χ1v) is 8.51. The number of methoxy groups -OCH3 is 1. The third-order valence-corrected chi connectivity index (χ3v) is 4.46. The smallest absolute Gasteiger partial charge is 0.319 e. The van der Waals surface area contributed by atoms with Gasteiger partial charge in [0.15, 0.2) is 17.3 Å². The van der Waals surface area contributed by atoms with Crippen LogP contribution in [-0.2, 0) is 0 Å². The molecule has 0 bridgehead atoms. The largest absolute Gasteiger partial charge is 0.496 e. The van der Waals surface area contributed by atoms with Crippen molar-refractivity contribution in [1.82, 2.24) is 10.6 Å². The van der Waals surface area contributed by atoms with Gasteiger partial charge in [-0.15, -0.1) is 0 Å². The lowest BCUT2D eigenvalue weighted by atomic mass is 9.91. The Balaban J connectivity index is 1.71. The number of amides is 2. The van der Waals surface area contributed by atoms with Crippen molar-refractivity contribution < 1.29 is 23.8 Å². The highest BCUT2D eigenvalue weighted by Crippen LogP contribution is 2.35. The lowest BCUT2D eigenvalue weighted by Gasteiger charge is -2.27. The molecule has 1 atom stereocenters. The molecule has 0 aliphatic carbocycles. The summed E-state index contributed by atoms with van der Waals surface area (Å²) >= 11 is 0. The molecule has 27 heavy (non-hydrogen) atoms. The number of hydrogen-bond donors (Lipinski definition) is 2. The minimum atomic E-state index is -0.629. The number of carbonyl (C=O) groups excluding carboxylic acids is 2. The van der Waals surface area contributed by atoms with Crippen molar-refractivity contribution in [2.24, 2.45) is 0 Å². The van der Waals surface area contributed by atoms with Crippen LogP contribution in [0.3, 0.4) is 0 Å². The molecular formula is C20H18N2O5. The highest BCUT2D eigenvalue weighted by atomic mass is 16.6. The van der Waals surface area contributed by atoms with Crippen molar-refractivity contribution in [3.8, 4) is 17.2 Å². The van der Waals surface area contributed by atoms with Gasteiger partial charge in [-0.1, -0.05) is 18.2 Å². The first-order chi connectivity index (χ1) is 13.2. The van der Waals surface area contributed by atoms with Crippen LogP contribution < -0.4 is 24.8 Å². The lowest BCUT2D eigenvalue weighted by Crippen LogP contribution is -2.42. The normalized spacial score (nSPS) is 18.0. The van der Waals surface area contributed by atoms with Gasteiger partial charge < -0.3 is 24.8 Å².